The van der Waals surface area contributed by atoms with Crippen molar-refractivity contribution in [3.63, 3.8) is 0 Å². The van der Waals surface area contributed by atoms with Crippen LogP contribution in [0.15, 0.2) is 191 Å². The molecule has 0 spiro atoms. The van der Waals surface area contributed by atoms with E-state index in [0.717, 1.165) is 99.1 Å². The van der Waals surface area contributed by atoms with Crippen molar-refractivity contribution in [2.45, 2.75) is 0 Å². The normalized spacial score (nSPS) is 11.8. The van der Waals surface area contributed by atoms with Crippen molar-refractivity contribution < 1.29 is 8.83 Å². The summed E-state index contributed by atoms with van der Waals surface area (Å²) in [6.07, 6.45) is 0. The van der Waals surface area contributed by atoms with Crippen molar-refractivity contribution in [2.24, 2.45) is 0 Å². The van der Waals surface area contributed by atoms with E-state index in [4.69, 9.17) is 13.8 Å². The van der Waals surface area contributed by atoms with Crippen LogP contribution in [0.4, 0.5) is 17.1 Å². The highest BCUT2D eigenvalue weighted by molar-refractivity contribution is 6.29. The highest BCUT2D eigenvalue weighted by Crippen LogP contribution is 2.46. The van der Waals surface area contributed by atoms with Crippen LogP contribution in [-0.2, 0) is 0 Å². The number of anilines is 3. The summed E-state index contributed by atoms with van der Waals surface area (Å²) in [5.74, 6) is 0.617. The molecule has 248 valence electrons. The van der Waals surface area contributed by atoms with Gasteiger partial charge in [-0.3, -0.25) is 0 Å². The van der Waals surface area contributed by atoms with Gasteiger partial charge in [0.2, 0.25) is 5.89 Å². The van der Waals surface area contributed by atoms with Crippen LogP contribution in [-0.4, -0.2) is 4.98 Å². The molecule has 11 rings (SSSR count). The van der Waals surface area contributed by atoms with Crippen LogP contribution in [0, 0.1) is 0 Å². The lowest BCUT2D eigenvalue weighted by Crippen LogP contribution is -2.10. The molecule has 9 aromatic carbocycles. The van der Waals surface area contributed by atoms with Gasteiger partial charge in [0.15, 0.2) is 5.58 Å². The molecule has 53 heavy (non-hydrogen) atoms. The number of benzene rings is 9. The molecule has 2 heterocycles. The molecule has 4 nitrogen and oxygen atoms in total. The van der Waals surface area contributed by atoms with E-state index < -0.39 is 0 Å². The van der Waals surface area contributed by atoms with Gasteiger partial charge in [0.05, 0.1) is 0 Å². The van der Waals surface area contributed by atoms with Gasteiger partial charge in [0.25, 0.3) is 0 Å². The lowest BCUT2D eigenvalue weighted by Gasteiger charge is -2.27. The van der Waals surface area contributed by atoms with E-state index in [0.29, 0.717) is 5.89 Å². The van der Waals surface area contributed by atoms with E-state index in [1.807, 2.05) is 42.5 Å². The van der Waals surface area contributed by atoms with Crippen LogP contribution < -0.4 is 4.90 Å². The largest absolute Gasteiger partial charge is 0.455 e. The number of nitrogens with zero attached hydrogens (tertiary/aromatic N) is 2. The maximum Gasteiger partial charge on any atom is 0.227 e. The van der Waals surface area contributed by atoms with Crippen molar-refractivity contribution >= 4 is 82.4 Å². The van der Waals surface area contributed by atoms with Gasteiger partial charge < -0.3 is 13.7 Å². The average Bonchev–Trinajstić information content (AvgIpc) is 3.85. The van der Waals surface area contributed by atoms with Gasteiger partial charge in [-0.1, -0.05) is 127 Å². The molecular formula is C49H30N2O2. The second-order valence-electron chi connectivity index (χ2n) is 13.5. The van der Waals surface area contributed by atoms with Gasteiger partial charge in [-0.2, -0.15) is 0 Å². The van der Waals surface area contributed by atoms with Gasteiger partial charge >= 0.3 is 0 Å². The Labute approximate surface area is 304 Å². The summed E-state index contributed by atoms with van der Waals surface area (Å²) in [7, 11) is 0. The maximum atomic E-state index is 6.63. The van der Waals surface area contributed by atoms with Gasteiger partial charge in [-0.15, -0.1) is 0 Å². The SMILES string of the molecule is c1ccc(-c2nc3c(o2)c2ccccc2c2ccc4ccc(N(c5ccccc5)c5cc(-c6ccccc6)c6oc7ccccc7c6c5)cc4c23)cc1. The van der Waals surface area contributed by atoms with Crippen LogP contribution in [0.5, 0.6) is 0 Å². The highest BCUT2D eigenvalue weighted by Gasteiger charge is 2.22. The van der Waals surface area contributed by atoms with Crippen LogP contribution in [0.3, 0.4) is 0 Å². The summed E-state index contributed by atoms with van der Waals surface area (Å²) in [5.41, 5.74) is 9.66. The fraction of sp³-hybridized carbons (Fsp3) is 0. The van der Waals surface area contributed by atoms with Crippen LogP contribution in [0.1, 0.15) is 0 Å². The average molecular weight is 679 g/mol. The van der Waals surface area contributed by atoms with Crippen molar-refractivity contribution in [2.75, 3.05) is 4.90 Å². The second kappa shape index (κ2) is 11.7. The van der Waals surface area contributed by atoms with Crippen LogP contribution in [0.25, 0.3) is 87.9 Å². The molecule has 11 aromatic rings. The fourth-order valence-corrected chi connectivity index (χ4v) is 8.02. The number of para-hydroxylation sites is 2. The molecule has 0 amide bonds. The van der Waals surface area contributed by atoms with Crippen molar-refractivity contribution in [1.29, 1.82) is 0 Å². The van der Waals surface area contributed by atoms with E-state index >= 15 is 0 Å². The molecule has 0 fully saturated rings. The van der Waals surface area contributed by atoms with Crippen LogP contribution in [0.2, 0.25) is 0 Å². The standard InChI is InChI=1S/C49H30N2O2/c1-4-14-31(15-5-1)42-29-36(30-43-38-21-12-13-23-44(38)52-47(42)43)51(34-18-8-3-9-19-34)35-26-24-32-25-27-39-37-20-10-11-22-40(37)48-46(45(39)41(32)28-35)50-49(53-48)33-16-6-2-7-17-33/h1-30H. The number of oxazole rings is 1. The maximum absolute atomic E-state index is 6.63. The number of hydrogen-bond donors (Lipinski definition) is 0. The van der Waals surface area contributed by atoms with Gasteiger partial charge in [-0.25, -0.2) is 4.98 Å². The molecule has 0 aliphatic heterocycles. The Hall–Kier alpha value is -7.17. The summed E-state index contributed by atoms with van der Waals surface area (Å²) in [6, 6.07) is 63.8. The predicted octanol–water partition coefficient (Wildman–Crippen LogP) is 14.0. The molecule has 0 saturated heterocycles. The minimum absolute atomic E-state index is 0.617. The number of fused-ring (bicyclic) bond motifs is 11. The van der Waals surface area contributed by atoms with Crippen molar-refractivity contribution in [1.82, 2.24) is 4.98 Å². The van der Waals surface area contributed by atoms with E-state index in [9.17, 15) is 0 Å². The molecular weight excluding hydrogens is 649 g/mol. The quantitative estimate of drug-likeness (QED) is 0.170. The van der Waals surface area contributed by atoms with Crippen molar-refractivity contribution in [3.8, 4) is 22.6 Å². The molecule has 0 aliphatic carbocycles. The minimum Gasteiger partial charge on any atom is -0.455 e. The van der Waals surface area contributed by atoms with E-state index in [1.54, 1.807) is 0 Å². The smallest absolute Gasteiger partial charge is 0.227 e. The lowest BCUT2D eigenvalue weighted by molar-refractivity contribution is 0.623. The number of hydrogen-bond acceptors (Lipinski definition) is 4. The molecule has 2 aromatic heterocycles. The molecule has 0 saturated carbocycles. The Bertz CT molecular complexity index is 3160. The molecule has 0 atom stereocenters. The zero-order valence-corrected chi connectivity index (χ0v) is 28.5. The minimum atomic E-state index is 0.617. The monoisotopic (exact) mass is 678 g/mol. The topological polar surface area (TPSA) is 42.4 Å². The Balaban J connectivity index is 1.22. The zero-order valence-electron chi connectivity index (χ0n) is 28.5. The molecule has 0 bridgehead atoms. The van der Waals surface area contributed by atoms with Gasteiger partial charge in [0, 0.05) is 49.7 Å². The van der Waals surface area contributed by atoms with Crippen molar-refractivity contribution in [3.05, 3.63) is 182 Å². The molecule has 4 heteroatoms. The van der Waals surface area contributed by atoms with Gasteiger partial charge in [0.1, 0.15) is 16.7 Å². The Morgan fingerprint density at radius 1 is 0.396 bits per heavy atom. The third-order valence-corrected chi connectivity index (χ3v) is 10.4. The molecule has 0 aliphatic rings. The Morgan fingerprint density at radius 3 is 1.83 bits per heavy atom. The Kier molecular flexibility index (Phi) is 6.52. The molecule has 0 N–H and O–H groups in total. The summed E-state index contributed by atoms with van der Waals surface area (Å²) in [5, 5.41) is 8.84. The predicted molar refractivity (Wildman–Crippen MR) is 219 cm³/mol. The molecule has 0 unspecified atom stereocenters. The summed E-state index contributed by atoms with van der Waals surface area (Å²) < 4.78 is 13.2. The summed E-state index contributed by atoms with van der Waals surface area (Å²) >= 11 is 0. The first-order chi connectivity index (χ1) is 26.3. The summed E-state index contributed by atoms with van der Waals surface area (Å²) in [6.45, 7) is 0. The van der Waals surface area contributed by atoms with E-state index in [1.165, 1.54) is 0 Å². The van der Waals surface area contributed by atoms with E-state index in [2.05, 4.69) is 144 Å². The summed E-state index contributed by atoms with van der Waals surface area (Å²) in [4.78, 5) is 7.56. The zero-order chi connectivity index (χ0) is 34.9. The first kappa shape index (κ1) is 29.5. The van der Waals surface area contributed by atoms with E-state index in [-0.39, 0.29) is 0 Å². The Morgan fingerprint density at radius 2 is 1.04 bits per heavy atom. The fourth-order valence-electron chi connectivity index (χ4n) is 8.02. The third-order valence-electron chi connectivity index (χ3n) is 10.4. The number of furan rings is 1. The van der Waals surface area contributed by atoms with Crippen LogP contribution >= 0.6 is 0 Å². The first-order valence-electron chi connectivity index (χ1n) is 17.9. The highest BCUT2D eigenvalue weighted by atomic mass is 16.3. The van der Waals surface area contributed by atoms with Gasteiger partial charge in [-0.05, 0) is 81.7 Å². The number of aromatic nitrogens is 1. The molecule has 0 radical (unpaired) electrons. The first-order valence-corrected chi connectivity index (χ1v) is 17.9. The second-order valence-corrected chi connectivity index (χ2v) is 13.5. The lowest BCUT2D eigenvalue weighted by atomic mass is 9.95. The third kappa shape index (κ3) is 4.66. The number of rotatable bonds is 5.